The Hall–Kier alpha value is -4.18. The first-order valence-corrected chi connectivity index (χ1v) is 10.9. The Morgan fingerprint density at radius 1 is 1.15 bits per heavy atom. The molecule has 0 saturated heterocycles. The molecule has 1 atom stereocenters. The van der Waals surface area contributed by atoms with Crippen LogP contribution in [0, 0.1) is 0 Å². The van der Waals surface area contributed by atoms with Crippen LogP contribution in [0.25, 0.3) is 33.5 Å². The maximum Gasteiger partial charge on any atom is 0.343 e. The minimum atomic E-state index is -1.87. The van der Waals surface area contributed by atoms with Gasteiger partial charge in [-0.25, -0.2) is 9.78 Å². The standard InChI is InChI=1S/C24H18N4O6/c1-2-24(31)14-6-17-21-12(8-28(17)22(29)13(14)9-32-23(24)30)20(15-3-4-25-27-15)11-5-18-19(34-10-33-18)7-16(11)26-21/h3-7,31H,2,8-10H2,1H3,(H,25,27)/t24-/m0/s1. The van der Waals surface area contributed by atoms with Gasteiger partial charge < -0.3 is 23.9 Å². The van der Waals surface area contributed by atoms with Crippen molar-refractivity contribution in [2.24, 2.45) is 0 Å². The summed E-state index contributed by atoms with van der Waals surface area (Å²) >= 11 is 0. The minimum absolute atomic E-state index is 0.0859. The molecular formula is C24H18N4O6. The van der Waals surface area contributed by atoms with E-state index in [1.807, 2.05) is 18.2 Å². The summed E-state index contributed by atoms with van der Waals surface area (Å²) in [4.78, 5) is 30.8. The normalized spacial score (nSPS) is 19.6. The van der Waals surface area contributed by atoms with Gasteiger partial charge in [-0.1, -0.05) is 6.92 Å². The van der Waals surface area contributed by atoms with E-state index < -0.39 is 11.6 Å². The van der Waals surface area contributed by atoms with Gasteiger partial charge in [-0.05, 0) is 24.6 Å². The molecule has 0 radical (unpaired) electrons. The van der Waals surface area contributed by atoms with Crippen LogP contribution in [-0.2, 0) is 28.3 Å². The molecule has 2 N–H and O–H groups in total. The molecule has 3 aromatic heterocycles. The first-order valence-electron chi connectivity index (χ1n) is 10.9. The molecule has 7 rings (SSSR count). The average Bonchev–Trinajstić information content (AvgIpc) is 3.59. The zero-order chi connectivity index (χ0) is 23.2. The van der Waals surface area contributed by atoms with E-state index in [1.165, 1.54) is 0 Å². The van der Waals surface area contributed by atoms with Crippen molar-refractivity contribution in [2.75, 3.05) is 6.79 Å². The van der Waals surface area contributed by atoms with Crippen LogP contribution in [0.5, 0.6) is 11.5 Å². The Balaban J connectivity index is 1.56. The lowest BCUT2D eigenvalue weighted by atomic mass is 9.86. The van der Waals surface area contributed by atoms with E-state index in [-0.39, 0.29) is 43.1 Å². The number of carbonyl (C=O) groups excluding carboxylic acids is 1. The first kappa shape index (κ1) is 19.3. The number of H-pyrrole nitrogens is 1. The molecule has 3 aliphatic rings. The van der Waals surface area contributed by atoms with Crippen molar-refractivity contribution in [3.05, 3.63) is 57.5 Å². The number of hydrogen-bond acceptors (Lipinski definition) is 8. The third kappa shape index (κ3) is 2.32. The van der Waals surface area contributed by atoms with Crippen molar-refractivity contribution in [1.82, 2.24) is 19.7 Å². The van der Waals surface area contributed by atoms with Gasteiger partial charge in [0, 0.05) is 34.3 Å². The van der Waals surface area contributed by atoms with Crippen LogP contribution >= 0.6 is 0 Å². The number of carbonyl (C=O) groups is 1. The molecule has 0 bridgehead atoms. The van der Waals surface area contributed by atoms with Gasteiger partial charge in [-0.2, -0.15) is 5.10 Å². The van der Waals surface area contributed by atoms with E-state index >= 15 is 0 Å². The molecule has 34 heavy (non-hydrogen) atoms. The van der Waals surface area contributed by atoms with E-state index in [0.717, 1.165) is 22.2 Å². The maximum absolute atomic E-state index is 13.5. The van der Waals surface area contributed by atoms with Gasteiger partial charge in [0.2, 0.25) is 6.79 Å². The first-order chi connectivity index (χ1) is 16.5. The predicted octanol–water partition coefficient (Wildman–Crippen LogP) is 2.20. The lowest BCUT2D eigenvalue weighted by molar-refractivity contribution is -0.172. The van der Waals surface area contributed by atoms with Crippen LogP contribution in [0.3, 0.4) is 0 Å². The third-order valence-electron chi connectivity index (χ3n) is 6.95. The lowest BCUT2D eigenvalue weighted by Gasteiger charge is -2.31. The zero-order valence-corrected chi connectivity index (χ0v) is 18.0. The van der Waals surface area contributed by atoms with E-state index in [9.17, 15) is 14.7 Å². The van der Waals surface area contributed by atoms with Crippen molar-refractivity contribution in [3.63, 3.8) is 0 Å². The average molecular weight is 458 g/mol. The zero-order valence-electron chi connectivity index (χ0n) is 18.0. The molecule has 0 unspecified atom stereocenters. The number of aromatic nitrogens is 4. The molecule has 10 heteroatoms. The summed E-state index contributed by atoms with van der Waals surface area (Å²) in [5.74, 6) is 0.476. The largest absolute Gasteiger partial charge is 0.458 e. The van der Waals surface area contributed by atoms with Crippen molar-refractivity contribution in [1.29, 1.82) is 0 Å². The number of fused-ring (bicyclic) bond motifs is 6. The number of cyclic esters (lactones) is 1. The Labute approximate surface area is 191 Å². The number of rotatable bonds is 2. The number of esters is 1. The molecule has 0 aliphatic carbocycles. The SMILES string of the molecule is CC[C@@]1(O)C(=O)OCc2c1cc1n(c2=O)Cc2c-1nc1cc3c(cc1c2-c1ccn[nH]1)OCO3. The van der Waals surface area contributed by atoms with Gasteiger partial charge in [0.05, 0.1) is 34.7 Å². The van der Waals surface area contributed by atoms with Crippen LogP contribution in [0.4, 0.5) is 0 Å². The number of nitrogens with zero attached hydrogens (tertiary/aromatic N) is 3. The fraction of sp³-hybridized carbons (Fsp3) is 0.250. The van der Waals surface area contributed by atoms with Crippen LogP contribution in [0.15, 0.2) is 35.3 Å². The number of aliphatic hydroxyl groups is 1. The molecule has 4 aromatic rings. The van der Waals surface area contributed by atoms with Crippen LogP contribution < -0.4 is 15.0 Å². The highest BCUT2D eigenvalue weighted by Crippen LogP contribution is 2.45. The van der Waals surface area contributed by atoms with Crippen molar-refractivity contribution in [2.45, 2.75) is 32.1 Å². The molecular weight excluding hydrogens is 440 g/mol. The van der Waals surface area contributed by atoms with E-state index in [0.29, 0.717) is 28.4 Å². The van der Waals surface area contributed by atoms with Crippen molar-refractivity contribution >= 4 is 16.9 Å². The van der Waals surface area contributed by atoms with E-state index in [2.05, 4.69) is 10.2 Å². The molecule has 0 spiro atoms. The fourth-order valence-electron chi connectivity index (χ4n) is 5.17. The quantitative estimate of drug-likeness (QED) is 0.385. The molecule has 170 valence electrons. The molecule has 10 nitrogen and oxygen atoms in total. The van der Waals surface area contributed by atoms with Gasteiger partial charge >= 0.3 is 5.97 Å². The predicted molar refractivity (Wildman–Crippen MR) is 118 cm³/mol. The summed E-state index contributed by atoms with van der Waals surface area (Å²) in [6.45, 7) is 1.93. The summed E-state index contributed by atoms with van der Waals surface area (Å²) in [7, 11) is 0. The van der Waals surface area contributed by atoms with Crippen LogP contribution in [0.2, 0.25) is 0 Å². The highest BCUT2D eigenvalue weighted by atomic mass is 16.7. The van der Waals surface area contributed by atoms with Crippen LogP contribution in [-0.4, -0.2) is 37.6 Å². The summed E-state index contributed by atoms with van der Waals surface area (Å²) in [6.07, 6.45) is 1.75. The minimum Gasteiger partial charge on any atom is -0.458 e. The fourth-order valence-corrected chi connectivity index (χ4v) is 5.17. The number of pyridine rings is 2. The Morgan fingerprint density at radius 3 is 2.74 bits per heavy atom. The second kappa shape index (κ2) is 6.45. The Morgan fingerprint density at radius 2 is 1.97 bits per heavy atom. The van der Waals surface area contributed by atoms with E-state index in [1.54, 1.807) is 23.8 Å². The lowest BCUT2D eigenvalue weighted by Crippen LogP contribution is -2.44. The maximum atomic E-state index is 13.5. The summed E-state index contributed by atoms with van der Waals surface area (Å²) < 4.78 is 17.9. The number of aromatic amines is 1. The second-order valence-corrected chi connectivity index (χ2v) is 8.61. The highest BCUT2D eigenvalue weighted by molar-refractivity contribution is 6.00. The highest BCUT2D eigenvalue weighted by Gasteiger charge is 2.45. The molecule has 0 amide bonds. The summed E-state index contributed by atoms with van der Waals surface area (Å²) in [5.41, 5.74) is 2.66. The number of nitrogens with one attached hydrogen (secondary N) is 1. The van der Waals surface area contributed by atoms with Crippen molar-refractivity contribution in [3.8, 4) is 34.1 Å². The van der Waals surface area contributed by atoms with E-state index in [4.69, 9.17) is 19.2 Å². The number of benzene rings is 1. The number of ether oxygens (including phenoxy) is 3. The van der Waals surface area contributed by atoms with Gasteiger partial charge in [0.25, 0.3) is 5.56 Å². The van der Waals surface area contributed by atoms with Gasteiger partial charge in [-0.15, -0.1) is 0 Å². The van der Waals surface area contributed by atoms with Gasteiger partial charge in [0.1, 0.15) is 6.61 Å². The summed E-state index contributed by atoms with van der Waals surface area (Å²) in [6, 6.07) is 7.27. The Bertz CT molecular complexity index is 1610. The monoisotopic (exact) mass is 458 g/mol. The Kier molecular flexibility index (Phi) is 3.66. The second-order valence-electron chi connectivity index (χ2n) is 8.61. The van der Waals surface area contributed by atoms with Crippen molar-refractivity contribution < 1.29 is 24.1 Å². The molecule has 3 aliphatic heterocycles. The molecule has 0 saturated carbocycles. The summed E-state index contributed by atoms with van der Waals surface area (Å²) in [5, 5.41) is 19.1. The van der Waals surface area contributed by atoms with Gasteiger partial charge in [-0.3, -0.25) is 9.89 Å². The number of hydrogen-bond donors (Lipinski definition) is 2. The molecule has 0 fully saturated rings. The smallest absolute Gasteiger partial charge is 0.343 e. The van der Waals surface area contributed by atoms with Crippen LogP contribution in [0.1, 0.15) is 30.0 Å². The third-order valence-corrected chi connectivity index (χ3v) is 6.95. The molecule has 1 aromatic carbocycles. The van der Waals surface area contributed by atoms with Gasteiger partial charge in [0.15, 0.2) is 17.1 Å². The topological polar surface area (TPSA) is 129 Å². The molecule has 6 heterocycles.